The highest BCUT2D eigenvalue weighted by Gasteiger charge is 2.09. The van der Waals surface area contributed by atoms with Gasteiger partial charge in [-0.15, -0.1) is 0 Å². The first kappa shape index (κ1) is 14.3. The Morgan fingerprint density at radius 3 is 2.86 bits per heavy atom. The number of aromatic amines is 2. The summed E-state index contributed by atoms with van der Waals surface area (Å²) in [4.78, 5) is 36.8. The molecule has 2 heterocycles. The van der Waals surface area contributed by atoms with Crippen LogP contribution >= 0.6 is 11.8 Å². The Morgan fingerprint density at radius 1 is 1.32 bits per heavy atom. The third-order valence-corrected chi connectivity index (χ3v) is 3.62. The predicted octanol–water partition coefficient (Wildman–Crippen LogP) is 1.52. The number of fused-ring (bicyclic) bond motifs is 1. The molecule has 0 aliphatic carbocycles. The van der Waals surface area contributed by atoms with E-state index in [0.717, 1.165) is 11.8 Å². The van der Waals surface area contributed by atoms with Crippen molar-refractivity contribution < 1.29 is 9.18 Å². The number of hydrogen-bond donors (Lipinski definition) is 3. The number of benzene rings is 1. The van der Waals surface area contributed by atoms with Crippen molar-refractivity contribution in [1.82, 2.24) is 19.9 Å². The Morgan fingerprint density at radius 2 is 2.09 bits per heavy atom. The second-order valence-corrected chi connectivity index (χ2v) is 5.28. The SMILES string of the molecule is O=C(CSc1nc2nc[nH]c2c(=O)[nH]1)Nc1ccc(F)cc1. The summed E-state index contributed by atoms with van der Waals surface area (Å²) in [5.41, 5.74) is 0.741. The lowest BCUT2D eigenvalue weighted by Gasteiger charge is -2.04. The van der Waals surface area contributed by atoms with E-state index in [1.165, 1.54) is 30.6 Å². The molecule has 0 saturated carbocycles. The van der Waals surface area contributed by atoms with Crippen molar-refractivity contribution in [2.75, 3.05) is 11.1 Å². The summed E-state index contributed by atoms with van der Waals surface area (Å²) in [5, 5.41) is 2.92. The molecule has 0 aliphatic rings. The number of anilines is 1. The molecule has 0 saturated heterocycles. The molecular formula is C13H10FN5O2S. The molecule has 3 aromatic rings. The van der Waals surface area contributed by atoms with Gasteiger partial charge < -0.3 is 10.3 Å². The third-order valence-electron chi connectivity index (χ3n) is 2.74. The number of aromatic nitrogens is 4. The Labute approximate surface area is 127 Å². The fourth-order valence-electron chi connectivity index (χ4n) is 1.76. The molecule has 0 radical (unpaired) electrons. The van der Waals surface area contributed by atoms with Crippen LogP contribution in [0.2, 0.25) is 0 Å². The van der Waals surface area contributed by atoms with Crippen molar-refractivity contribution in [3.8, 4) is 0 Å². The fourth-order valence-corrected chi connectivity index (χ4v) is 2.41. The zero-order valence-corrected chi connectivity index (χ0v) is 11.9. The molecule has 0 bridgehead atoms. The van der Waals surface area contributed by atoms with Gasteiger partial charge in [-0.2, -0.15) is 0 Å². The average molecular weight is 319 g/mol. The molecular weight excluding hydrogens is 309 g/mol. The molecule has 1 aromatic carbocycles. The van der Waals surface area contributed by atoms with E-state index in [9.17, 15) is 14.0 Å². The van der Waals surface area contributed by atoms with Crippen LogP contribution in [0.4, 0.5) is 10.1 Å². The molecule has 1 amide bonds. The number of imidazole rings is 1. The summed E-state index contributed by atoms with van der Waals surface area (Å²) in [7, 11) is 0. The predicted molar refractivity (Wildman–Crippen MR) is 80.3 cm³/mol. The lowest BCUT2D eigenvalue weighted by molar-refractivity contribution is -0.113. The number of rotatable bonds is 4. The van der Waals surface area contributed by atoms with Crippen LogP contribution < -0.4 is 10.9 Å². The van der Waals surface area contributed by atoms with Crippen LogP contribution in [-0.4, -0.2) is 31.6 Å². The van der Waals surface area contributed by atoms with Gasteiger partial charge in [0.05, 0.1) is 12.1 Å². The minimum Gasteiger partial charge on any atom is -0.339 e. The number of thioether (sulfide) groups is 1. The van der Waals surface area contributed by atoms with Gasteiger partial charge in [-0.25, -0.2) is 14.4 Å². The summed E-state index contributed by atoms with van der Waals surface area (Å²) >= 11 is 1.08. The van der Waals surface area contributed by atoms with Gasteiger partial charge >= 0.3 is 0 Å². The van der Waals surface area contributed by atoms with E-state index in [1.54, 1.807) is 0 Å². The van der Waals surface area contributed by atoms with Crippen LogP contribution in [0, 0.1) is 5.82 Å². The first-order chi connectivity index (χ1) is 10.6. The number of hydrogen-bond acceptors (Lipinski definition) is 5. The van der Waals surface area contributed by atoms with Crippen molar-refractivity contribution in [2.24, 2.45) is 0 Å². The molecule has 7 nitrogen and oxygen atoms in total. The fraction of sp³-hybridized carbons (Fsp3) is 0.0769. The highest BCUT2D eigenvalue weighted by Crippen LogP contribution is 2.14. The van der Waals surface area contributed by atoms with E-state index >= 15 is 0 Å². The summed E-state index contributed by atoms with van der Waals surface area (Å²) in [6.07, 6.45) is 1.38. The van der Waals surface area contributed by atoms with Crippen molar-refractivity contribution >= 4 is 34.5 Å². The molecule has 0 atom stereocenters. The van der Waals surface area contributed by atoms with E-state index in [0.29, 0.717) is 22.0 Å². The van der Waals surface area contributed by atoms with Crippen molar-refractivity contribution in [3.05, 3.63) is 46.8 Å². The number of amides is 1. The summed E-state index contributed by atoms with van der Waals surface area (Å²) in [6, 6.07) is 5.45. The van der Waals surface area contributed by atoms with Crippen LogP contribution in [-0.2, 0) is 4.79 Å². The molecule has 2 aromatic heterocycles. The minimum atomic E-state index is -0.374. The Hall–Kier alpha value is -2.68. The highest BCUT2D eigenvalue weighted by molar-refractivity contribution is 7.99. The van der Waals surface area contributed by atoms with Gasteiger partial charge in [0.15, 0.2) is 16.3 Å². The van der Waals surface area contributed by atoms with Gasteiger partial charge in [-0.05, 0) is 24.3 Å². The van der Waals surface area contributed by atoms with Gasteiger partial charge in [-0.1, -0.05) is 11.8 Å². The second kappa shape index (κ2) is 5.98. The summed E-state index contributed by atoms with van der Waals surface area (Å²) < 4.78 is 12.8. The number of nitrogens with one attached hydrogen (secondary N) is 3. The Bertz CT molecular complexity index is 874. The van der Waals surface area contributed by atoms with Gasteiger partial charge in [-0.3, -0.25) is 14.6 Å². The molecule has 22 heavy (non-hydrogen) atoms. The molecule has 0 fully saturated rings. The van der Waals surface area contributed by atoms with Crippen LogP contribution in [0.5, 0.6) is 0 Å². The summed E-state index contributed by atoms with van der Waals surface area (Å²) in [5.74, 6) is -0.612. The zero-order chi connectivity index (χ0) is 15.5. The van der Waals surface area contributed by atoms with Crippen molar-refractivity contribution in [3.63, 3.8) is 0 Å². The highest BCUT2D eigenvalue weighted by atomic mass is 32.2. The third kappa shape index (κ3) is 3.14. The Balaban J connectivity index is 1.64. The normalized spacial score (nSPS) is 10.8. The molecule has 3 N–H and O–H groups in total. The van der Waals surface area contributed by atoms with E-state index in [1.807, 2.05) is 0 Å². The van der Waals surface area contributed by atoms with Gasteiger partial charge in [0.2, 0.25) is 5.91 Å². The topological polar surface area (TPSA) is 104 Å². The van der Waals surface area contributed by atoms with E-state index < -0.39 is 0 Å². The van der Waals surface area contributed by atoms with Crippen LogP contribution in [0.25, 0.3) is 11.2 Å². The quantitative estimate of drug-likeness (QED) is 0.499. The molecule has 0 spiro atoms. The van der Waals surface area contributed by atoms with Gasteiger partial charge in [0, 0.05) is 5.69 Å². The van der Waals surface area contributed by atoms with Crippen molar-refractivity contribution in [1.29, 1.82) is 0 Å². The number of carbonyl (C=O) groups is 1. The van der Waals surface area contributed by atoms with E-state index in [2.05, 4.69) is 25.3 Å². The van der Waals surface area contributed by atoms with Crippen LogP contribution in [0.1, 0.15) is 0 Å². The average Bonchev–Trinajstić information content (AvgIpc) is 2.97. The standard InChI is InChI=1S/C13H10FN5O2S/c14-7-1-3-8(4-2-7)17-9(20)5-22-13-18-11-10(12(21)19-13)15-6-16-11/h1-4,6H,5H2,(H,17,20)(H2,15,16,18,19,21). The van der Waals surface area contributed by atoms with Crippen molar-refractivity contribution in [2.45, 2.75) is 5.16 Å². The Kier molecular flexibility index (Phi) is 3.88. The summed E-state index contributed by atoms with van der Waals surface area (Å²) in [6.45, 7) is 0. The lowest BCUT2D eigenvalue weighted by atomic mass is 10.3. The smallest absolute Gasteiger partial charge is 0.277 e. The first-order valence-corrected chi connectivity index (χ1v) is 7.22. The van der Waals surface area contributed by atoms with Crippen LogP contribution in [0.3, 0.4) is 0 Å². The first-order valence-electron chi connectivity index (χ1n) is 6.23. The molecule has 3 rings (SSSR count). The maximum atomic E-state index is 12.8. The maximum Gasteiger partial charge on any atom is 0.277 e. The number of carbonyl (C=O) groups excluding carboxylic acids is 1. The number of H-pyrrole nitrogens is 2. The van der Waals surface area contributed by atoms with E-state index in [-0.39, 0.29) is 23.0 Å². The molecule has 9 heteroatoms. The number of nitrogens with zero attached hydrogens (tertiary/aromatic N) is 2. The monoisotopic (exact) mass is 319 g/mol. The van der Waals surface area contributed by atoms with Crippen LogP contribution in [0.15, 0.2) is 40.5 Å². The number of halogens is 1. The zero-order valence-electron chi connectivity index (χ0n) is 11.1. The largest absolute Gasteiger partial charge is 0.339 e. The lowest BCUT2D eigenvalue weighted by Crippen LogP contribution is -2.15. The molecule has 0 unspecified atom stereocenters. The minimum absolute atomic E-state index is 0.0518. The van der Waals surface area contributed by atoms with Gasteiger partial charge in [0.1, 0.15) is 5.82 Å². The maximum absolute atomic E-state index is 12.8. The van der Waals surface area contributed by atoms with Gasteiger partial charge in [0.25, 0.3) is 5.56 Å². The molecule has 0 aliphatic heterocycles. The second-order valence-electron chi connectivity index (χ2n) is 4.32. The molecule has 112 valence electrons. The van der Waals surface area contributed by atoms with E-state index in [4.69, 9.17) is 0 Å².